The van der Waals surface area contributed by atoms with Crippen LogP contribution in [0.25, 0.3) is 0 Å². The molecule has 0 N–H and O–H groups in total. The summed E-state index contributed by atoms with van der Waals surface area (Å²) in [4.78, 5) is 14.0. The highest BCUT2D eigenvalue weighted by Gasteiger charge is 2.35. The van der Waals surface area contributed by atoms with Crippen LogP contribution in [0.3, 0.4) is 0 Å². The Morgan fingerprint density at radius 3 is 2.74 bits per heavy atom. The van der Waals surface area contributed by atoms with Gasteiger partial charge in [0.2, 0.25) is 5.91 Å². The Kier molecular flexibility index (Phi) is 4.59. The number of rotatable bonds is 5. The quantitative estimate of drug-likeness (QED) is 0.763. The fraction of sp³-hybridized carbons (Fsp3) is 0.562. The van der Waals surface area contributed by atoms with E-state index in [2.05, 4.69) is 31.2 Å². The summed E-state index contributed by atoms with van der Waals surface area (Å²) in [7, 11) is 1.70. The highest BCUT2D eigenvalue weighted by atomic mass is 16.5. The molecule has 1 aliphatic rings. The zero-order valence-corrected chi connectivity index (χ0v) is 11.9. The van der Waals surface area contributed by atoms with Crippen LogP contribution in [-0.4, -0.2) is 37.6 Å². The van der Waals surface area contributed by atoms with Gasteiger partial charge in [-0.1, -0.05) is 37.3 Å². The minimum Gasteiger partial charge on any atom is -0.385 e. The Morgan fingerprint density at radius 1 is 1.32 bits per heavy atom. The highest BCUT2D eigenvalue weighted by molar-refractivity contribution is 5.77. The molecule has 3 nitrogen and oxygen atoms in total. The molecule has 1 heterocycles. The lowest BCUT2D eigenvalue weighted by Crippen LogP contribution is -2.47. The Bertz CT molecular complexity index is 418. The second kappa shape index (κ2) is 6.20. The number of amides is 1. The van der Waals surface area contributed by atoms with Gasteiger partial charge in [-0.3, -0.25) is 4.79 Å². The molecule has 1 atom stereocenters. The molecule has 0 radical (unpaired) electrons. The molecule has 1 aromatic rings. The van der Waals surface area contributed by atoms with Gasteiger partial charge in [-0.15, -0.1) is 0 Å². The third-order valence-corrected chi connectivity index (χ3v) is 4.03. The van der Waals surface area contributed by atoms with Crippen molar-refractivity contribution in [3.63, 3.8) is 0 Å². The normalized spacial score (nSPS) is 23.7. The van der Waals surface area contributed by atoms with Crippen LogP contribution in [0.2, 0.25) is 0 Å². The first-order chi connectivity index (χ1) is 9.15. The molecule has 0 aromatic heterocycles. The van der Waals surface area contributed by atoms with Crippen molar-refractivity contribution in [3.05, 3.63) is 35.9 Å². The zero-order valence-electron chi connectivity index (χ0n) is 11.9. The standard InChI is InChI=1S/C16H23NO2/c1-16(14-7-4-3-5-8-14)10-9-15(18)17(13-16)11-6-12-19-2/h3-5,7-8H,6,9-13H2,1-2H3. The van der Waals surface area contributed by atoms with E-state index in [0.29, 0.717) is 13.0 Å². The summed E-state index contributed by atoms with van der Waals surface area (Å²) < 4.78 is 5.07. The van der Waals surface area contributed by atoms with E-state index in [0.717, 1.165) is 25.9 Å². The van der Waals surface area contributed by atoms with Crippen molar-refractivity contribution in [2.45, 2.75) is 31.6 Å². The van der Waals surface area contributed by atoms with Crippen molar-refractivity contribution in [2.75, 3.05) is 26.8 Å². The van der Waals surface area contributed by atoms with Crippen LogP contribution in [0.15, 0.2) is 30.3 Å². The maximum Gasteiger partial charge on any atom is 0.222 e. The van der Waals surface area contributed by atoms with Gasteiger partial charge in [0, 0.05) is 38.6 Å². The number of likely N-dealkylation sites (tertiary alicyclic amines) is 1. The molecule has 1 amide bonds. The number of piperidine rings is 1. The van der Waals surface area contributed by atoms with E-state index in [1.54, 1.807) is 7.11 Å². The van der Waals surface area contributed by atoms with E-state index >= 15 is 0 Å². The summed E-state index contributed by atoms with van der Waals surface area (Å²) in [5, 5.41) is 0. The smallest absolute Gasteiger partial charge is 0.222 e. The minimum atomic E-state index is 0.0856. The van der Waals surface area contributed by atoms with Crippen LogP contribution in [0, 0.1) is 0 Å². The van der Waals surface area contributed by atoms with Crippen molar-refractivity contribution in [2.24, 2.45) is 0 Å². The summed E-state index contributed by atoms with van der Waals surface area (Å²) in [6.07, 6.45) is 2.50. The van der Waals surface area contributed by atoms with Gasteiger partial charge >= 0.3 is 0 Å². The molecule has 0 bridgehead atoms. The van der Waals surface area contributed by atoms with Crippen molar-refractivity contribution in [1.82, 2.24) is 4.90 Å². The van der Waals surface area contributed by atoms with Crippen molar-refractivity contribution >= 4 is 5.91 Å². The third-order valence-electron chi connectivity index (χ3n) is 4.03. The molecule has 19 heavy (non-hydrogen) atoms. The molecule has 1 unspecified atom stereocenters. The monoisotopic (exact) mass is 261 g/mol. The maximum absolute atomic E-state index is 12.0. The Balaban J connectivity index is 2.05. The molecule has 3 heteroatoms. The van der Waals surface area contributed by atoms with E-state index in [9.17, 15) is 4.79 Å². The molecule has 2 rings (SSSR count). The van der Waals surface area contributed by atoms with E-state index in [-0.39, 0.29) is 11.3 Å². The number of nitrogens with zero attached hydrogens (tertiary/aromatic N) is 1. The third kappa shape index (κ3) is 3.35. The average Bonchev–Trinajstić information content (AvgIpc) is 2.44. The van der Waals surface area contributed by atoms with E-state index < -0.39 is 0 Å². The van der Waals surface area contributed by atoms with Crippen molar-refractivity contribution < 1.29 is 9.53 Å². The number of carbonyl (C=O) groups excluding carboxylic acids is 1. The summed E-state index contributed by atoms with van der Waals surface area (Å²) >= 11 is 0. The molecule has 1 saturated heterocycles. The molecule has 0 aliphatic carbocycles. The van der Waals surface area contributed by atoms with Crippen LogP contribution in [0.4, 0.5) is 0 Å². The number of methoxy groups -OCH3 is 1. The van der Waals surface area contributed by atoms with Gasteiger partial charge in [-0.25, -0.2) is 0 Å². The maximum atomic E-state index is 12.0. The average molecular weight is 261 g/mol. The fourth-order valence-electron chi connectivity index (χ4n) is 2.81. The lowest BCUT2D eigenvalue weighted by molar-refractivity contribution is -0.135. The van der Waals surface area contributed by atoms with E-state index in [4.69, 9.17) is 4.74 Å². The number of ether oxygens (including phenoxy) is 1. The molecular weight excluding hydrogens is 238 g/mol. The predicted molar refractivity (Wildman–Crippen MR) is 76.1 cm³/mol. The second-order valence-corrected chi connectivity index (χ2v) is 5.59. The van der Waals surface area contributed by atoms with Crippen LogP contribution in [0.5, 0.6) is 0 Å². The van der Waals surface area contributed by atoms with Gasteiger partial charge in [0.25, 0.3) is 0 Å². The van der Waals surface area contributed by atoms with Gasteiger partial charge in [0.1, 0.15) is 0 Å². The van der Waals surface area contributed by atoms with Crippen LogP contribution < -0.4 is 0 Å². The van der Waals surface area contributed by atoms with Crippen LogP contribution in [-0.2, 0) is 14.9 Å². The molecule has 1 fully saturated rings. The Labute approximate surface area is 115 Å². The number of hydrogen-bond donors (Lipinski definition) is 0. The molecule has 1 aliphatic heterocycles. The second-order valence-electron chi connectivity index (χ2n) is 5.59. The molecule has 104 valence electrons. The molecular formula is C16H23NO2. The predicted octanol–water partition coefficient (Wildman–Crippen LogP) is 2.60. The first-order valence-electron chi connectivity index (χ1n) is 6.98. The summed E-state index contributed by atoms with van der Waals surface area (Å²) in [6.45, 7) is 4.60. The van der Waals surface area contributed by atoms with Gasteiger partial charge in [0.15, 0.2) is 0 Å². The first-order valence-corrected chi connectivity index (χ1v) is 6.98. The van der Waals surface area contributed by atoms with Gasteiger partial charge in [0.05, 0.1) is 0 Å². The fourth-order valence-corrected chi connectivity index (χ4v) is 2.81. The number of carbonyl (C=O) groups is 1. The highest BCUT2D eigenvalue weighted by Crippen LogP contribution is 2.33. The number of hydrogen-bond acceptors (Lipinski definition) is 2. The van der Waals surface area contributed by atoms with Gasteiger partial charge in [-0.2, -0.15) is 0 Å². The molecule has 0 saturated carbocycles. The van der Waals surface area contributed by atoms with E-state index in [1.165, 1.54) is 5.56 Å². The lowest BCUT2D eigenvalue weighted by Gasteiger charge is -2.40. The van der Waals surface area contributed by atoms with Crippen LogP contribution >= 0.6 is 0 Å². The SMILES string of the molecule is COCCCN1CC(C)(c2ccccc2)CCC1=O. The van der Waals surface area contributed by atoms with Gasteiger partial charge < -0.3 is 9.64 Å². The lowest BCUT2D eigenvalue weighted by atomic mass is 9.75. The minimum absolute atomic E-state index is 0.0856. The molecule has 0 spiro atoms. The topological polar surface area (TPSA) is 29.5 Å². The number of benzene rings is 1. The van der Waals surface area contributed by atoms with E-state index in [1.807, 2.05) is 11.0 Å². The zero-order chi connectivity index (χ0) is 13.7. The first kappa shape index (κ1) is 14.1. The Hall–Kier alpha value is -1.35. The van der Waals surface area contributed by atoms with Crippen molar-refractivity contribution in [3.8, 4) is 0 Å². The molecule has 1 aromatic carbocycles. The summed E-state index contributed by atoms with van der Waals surface area (Å²) in [6, 6.07) is 10.5. The van der Waals surface area contributed by atoms with Gasteiger partial charge in [-0.05, 0) is 18.4 Å². The van der Waals surface area contributed by atoms with Crippen LogP contribution in [0.1, 0.15) is 31.7 Å². The Morgan fingerprint density at radius 2 is 2.05 bits per heavy atom. The summed E-state index contributed by atoms with van der Waals surface area (Å²) in [5.41, 5.74) is 1.42. The summed E-state index contributed by atoms with van der Waals surface area (Å²) in [5.74, 6) is 0.282. The largest absolute Gasteiger partial charge is 0.385 e. The van der Waals surface area contributed by atoms with Crippen molar-refractivity contribution in [1.29, 1.82) is 0 Å².